The highest BCUT2D eigenvalue weighted by atomic mass is 32.2. The van der Waals surface area contributed by atoms with Gasteiger partial charge in [0.05, 0.1) is 23.8 Å². The van der Waals surface area contributed by atoms with E-state index in [1.54, 1.807) is 35.1 Å². The summed E-state index contributed by atoms with van der Waals surface area (Å²) in [7, 11) is -3.45. The number of halogens is 1. The molecule has 0 spiro atoms. The quantitative estimate of drug-likeness (QED) is 0.579. The molecule has 0 atom stereocenters. The highest BCUT2D eigenvalue weighted by Gasteiger charge is 2.20. The van der Waals surface area contributed by atoms with E-state index in [2.05, 4.69) is 20.1 Å². The summed E-state index contributed by atoms with van der Waals surface area (Å²) in [6.07, 6.45) is 11.4. The number of allylic oxidation sites excluding steroid dienone is 2. The molecular formula is C23H22FN5O3S. The molecule has 1 aromatic carbocycles. The smallest absolute Gasteiger partial charge is 0.251 e. The van der Waals surface area contributed by atoms with Gasteiger partial charge in [0.25, 0.3) is 5.91 Å². The summed E-state index contributed by atoms with van der Waals surface area (Å²) in [4.78, 5) is 17.1. The number of rotatable bonds is 6. The van der Waals surface area contributed by atoms with E-state index in [1.165, 1.54) is 18.3 Å². The summed E-state index contributed by atoms with van der Waals surface area (Å²) in [5, 5.41) is 7.31. The fraction of sp³-hybridized carbons (Fsp3) is 0.174. The molecule has 2 heterocycles. The second-order valence-corrected chi connectivity index (χ2v) is 9.28. The van der Waals surface area contributed by atoms with Crippen molar-refractivity contribution in [2.24, 2.45) is 0 Å². The van der Waals surface area contributed by atoms with Crippen molar-refractivity contribution < 1.29 is 17.6 Å². The van der Waals surface area contributed by atoms with Crippen molar-refractivity contribution in [3.05, 3.63) is 83.6 Å². The molecule has 0 aliphatic heterocycles. The summed E-state index contributed by atoms with van der Waals surface area (Å²) in [6, 6.07) is 9.24. The van der Waals surface area contributed by atoms with Crippen LogP contribution in [0.2, 0.25) is 0 Å². The van der Waals surface area contributed by atoms with Gasteiger partial charge in [0, 0.05) is 23.9 Å². The van der Waals surface area contributed by atoms with Crippen molar-refractivity contribution in [3.63, 3.8) is 0 Å². The first kappa shape index (κ1) is 22.4. The molecule has 1 aliphatic rings. The number of hydrogen-bond acceptors (Lipinski definition) is 5. The average Bonchev–Trinajstić information content (AvgIpc) is 3.14. The van der Waals surface area contributed by atoms with Gasteiger partial charge in [0.2, 0.25) is 10.0 Å². The first-order valence-corrected chi connectivity index (χ1v) is 12.1. The number of benzene rings is 1. The van der Waals surface area contributed by atoms with Gasteiger partial charge in [0.15, 0.2) is 0 Å². The maximum Gasteiger partial charge on any atom is 0.251 e. The monoisotopic (exact) mass is 467 g/mol. The average molecular weight is 468 g/mol. The lowest BCUT2D eigenvalue weighted by molar-refractivity contribution is -0.115. The molecule has 33 heavy (non-hydrogen) atoms. The fourth-order valence-electron chi connectivity index (χ4n) is 3.47. The Bertz CT molecular complexity index is 1340. The third-order valence-corrected chi connectivity index (χ3v) is 5.52. The van der Waals surface area contributed by atoms with Gasteiger partial charge >= 0.3 is 0 Å². The van der Waals surface area contributed by atoms with Gasteiger partial charge in [-0.15, -0.1) is 0 Å². The van der Waals surface area contributed by atoms with Crippen molar-refractivity contribution in [2.75, 3.05) is 11.0 Å². The predicted molar refractivity (Wildman–Crippen MR) is 124 cm³/mol. The van der Waals surface area contributed by atoms with Crippen molar-refractivity contribution >= 4 is 33.4 Å². The van der Waals surface area contributed by atoms with E-state index in [-0.39, 0.29) is 24.1 Å². The molecule has 1 aliphatic carbocycles. The lowest BCUT2D eigenvalue weighted by atomic mass is 10.0. The molecule has 0 unspecified atom stereocenters. The molecule has 8 nitrogen and oxygen atoms in total. The van der Waals surface area contributed by atoms with Gasteiger partial charge in [0.1, 0.15) is 11.6 Å². The van der Waals surface area contributed by atoms with Crippen molar-refractivity contribution in [1.29, 1.82) is 0 Å². The third-order valence-electron chi connectivity index (χ3n) is 4.94. The minimum Gasteiger partial charge on any atom is -0.348 e. The molecule has 0 saturated heterocycles. The normalized spacial score (nSPS) is 13.5. The minimum atomic E-state index is -3.45. The zero-order valence-electron chi connectivity index (χ0n) is 17.8. The number of fused-ring (bicyclic) bond motifs is 1. The number of nitrogens with one attached hydrogen (secondary N) is 2. The lowest BCUT2D eigenvalue weighted by Crippen LogP contribution is -2.24. The van der Waals surface area contributed by atoms with E-state index < -0.39 is 10.0 Å². The van der Waals surface area contributed by atoms with Crippen LogP contribution in [0.1, 0.15) is 29.7 Å². The summed E-state index contributed by atoms with van der Waals surface area (Å²) in [5.74, 6) is -0.433. The molecule has 0 radical (unpaired) electrons. The molecular weight excluding hydrogens is 445 g/mol. The van der Waals surface area contributed by atoms with Gasteiger partial charge in [-0.05, 0) is 60.9 Å². The molecule has 170 valence electrons. The van der Waals surface area contributed by atoms with Crippen LogP contribution in [-0.4, -0.2) is 35.3 Å². The van der Waals surface area contributed by atoms with Crippen LogP contribution in [0.15, 0.2) is 60.9 Å². The Morgan fingerprint density at radius 2 is 1.97 bits per heavy atom. The number of hydrogen-bond donors (Lipinski definition) is 2. The van der Waals surface area contributed by atoms with Gasteiger partial charge in [-0.25, -0.2) is 22.5 Å². The highest BCUT2D eigenvalue weighted by molar-refractivity contribution is 7.92. The number of sulfonamides is 1. The van der Waals surface area contributed by atoms with Crippen molar-refractivity contribution in [3.8, 4) is 5.69 Å². The van der Waals surface area contributed by atoms with E-state index in [4.69, 9.17) is 0 Å². The number of nitrogens with zero attached hydrogens (tertiary/aromatic N) is 3. The van der Waals surface area contributed by atoms with E-state index in [9.17, 15) is 17.6 Å². The summed E-state index contributed by atoms with van der Waals surface area (Å²) in [6.45, 7) is 0.189. The number of carbonyl (C=O) groups excluding carboxylic acids is 1. The van der Waals surface area contributed by atoms with Crippen LogP contribution >= 0.6 is 0 Å². The van der Waals surface area contributed by atoms with Gasteiger partial charge in [-0.3, -0.25) is 9.52 Å². The highest BCUT2D eigenvalue weighted by Crippen LogP contribution is 2.26. The van der Waals surface area contributed by atoms with Crippen molar-refractivity contribution in [2.45, 2.75) is 19.4 Å². The maximum atomic E-state index is 13.3. The minimum absolute atomic E-state index is 0.183. The third kappa shape index (κ3) is 5.53. The number of amides is 1. The Labute approximate surface area is 190 Å². The topological polar surface area (TPSA) is 106 Å². The molecule has 0 fully saturated rings. The van der Waals surface area contributed by atoms with Gasteiger partial charge in [-0.1, -0.05) is 12.2 Å². The molecule has 3 aromatic rings. The molecule has 0 saturated carbocycles. The molecule has 1 amide bonds. The number of aromatic nitrogens is 3. The number of anilines is 1. The number of pyridine rings is 1. The fourth-order valence-corrected chi connectivity index (χ4v) is 3.96. The second-order valence-electron chi connectivity index (χ2n) is 7.54. The standard InChI is InChI=1S/C23H22FN5O3S/c1-33(31,32)28-22-13-16(11-12-25-22)14-26-23(30)19-5-3-2-4-6-21-20(19)15-27-29(21)18-9-7-17(24)8-10-18/h4-13,15H,2-3,14H2,1H3,(H,25,28)(H,26,30). The van der Waals surface area contributed by atoms with Crippen LogP contribution in [0.25, 0.3) is 17.3 Å². The van der Waals surface area contributed by atoms with Crippen LogP contribution in [0, 0.1) is 5.82 Å². The zero-order valence-corrected chi connectivity index (χ0v) is 18.6. The van der Waals surface area contributed by atoms with E-state index >= 15 is 0 Å². The lowest BCUT2D eigenvalue weighted by Gasteiger charge is -2.12. The summed E-state index contributed by atoms with van der Waals surface area (Å²) < 4.78 is 40.2. The van der Waals surface area contributed by atoms with Crippen LogP contribution < -0.4 is 10.0 Å². The molecule has 0 bridgehead atoms. The van der Waals surface area contributed by atoms with E-state index in [1.807, 2.05) is 18.2 Å². The van der Waals surface area contributed by atoms with Gasteiger partial charge < -0.3 is 5.32 Å². The predicted octanol–water partition coefficient (Wildman–Crippen LogP) is 3.28. The zero-order chi connectivity index (χ0) is 23.4. The van der Waals surface area contributed by atoms with Crippen LogP contribution in [0.5, 0.6) is 0 Å². The SMILES string of the molecule is CS(=O)(=O)Nc1cc(CNC(=O)C2=CCCC=Cc3c2cnn3-c2ccc(F)cc2)ccn1. The summed E-state index contributed by atoms with van der Waals surface area (Å²) >= 11 is 0. The van der Waals surface area contributed by atoms with Gasteiger partial charge in [-0.2, -0.15) is 5.10 Å². The maximum absolute atomic E-state index is 13.3. The van der Waals surface area contributed by atoms with E-state index in [0.717, 1.165) is 18.4 Å². The first-order chi connectivity index (χ1) is 15.8. The van der Waals surface area contributed by atoms with Crippen LogP contribution in [-0.2, 0) is 21.4 Å². The largest absolute Gasteiger partial charge is 0.348 e. The summed E-state index contributed by atoms with van der Waals surface area (Å²) in [5.41, 5.74) is 3.27. The van der Waals surface area contributed by atoms with E-state index in [0.29, 0.717) is 28.8 Å². The molecule has 10 heteroatoms. The Morgan fingerprint density at radius 3 is 2.73 bits per heavy atom. The van der Waals surface area contributed by atoms with Crippen molar-refractivity contribution in [1.82, 2.24) is 20.1 Å². The Kier molecular flexibility index (Phi) is 6.36. The van der Waals surface area contributed by atoms with Crippen LogP contribution in [0.4, 0.5) is 10.2 Å². The Morgan fingerprint density at radius 1 is 1.18 bits per heavy atom. The molecule has 4 rings (SSSR count). The molecule has 2 N–H and O–H groups in total. The molecule has 2 aromatic heterocycles. The first-order valence-electron chi connectivity index (χ1n) is 10.2. The second kappa shape index (κ2) is 9.37. The van der Waals surface area contributed by atoms with Crippen LogP contribution in [0.3, 0.4) is 0 Å². The Hall–Kier alpha value is -3.79. The number of carbonyl (C=O) groups is 1. The Balaban J connectivity index is 1.56.